The van der Waals surface area contributed by atoms with E-state index >= 15 is 0 Å². The van der Waals surface area contributed by atoms with Crippen molar-refractivity contribution in [1.82, 2.24) is 0 Å². The van der Waals surface area contributed by atoms with Crippen molar-refractivity contribution >= 4 is 35.3 Å². The average Bonchev–Trinajstić information content (AvgIpc) is 2.69. The Labute approximate surface area is 82.0 Å². The van der Waals surface area contributed by atoms with Crippen LogP contribution in [-0.4, -0.2) is 27.1 Å². The second-order valence-corrected chi connectivity index (χ2v) is 7.12. The topological polar surface area (TPSA) is 0 Å². The molecule has 0 radical (unpaired) electrons. The molecule has 0 aliphatic carbocycles. The van der Waals surface area contributed by atoms with Gasteiger partial charge in [-0.25, -0.2) is 0 Å². The van der Waals surface area contributed by atoms with Gasteiger partial charge in [-0.3, -0.25) is 0 Å². The van der Waals surface area contributed by atoms with Gasteiger partial charge in [0.05, 0.1) is 4.08 Å². The van der Waals surface area contributed by atoms with Crippen molar-refractivity contribution in [3.05, 3.63) is 12.7 Å². The molecule has 1 fully saturated rings. The Balaban J connectivity index is 1.84. The Hall–Kier alpha value is 0.790. The van der Waals surface area contributed by atoms with E-state index in [4.69, 9.17) is 0 Å². The van der Waals surface area contributed by atoms with Crippen LogP contribution in [-0.2, 0) is 0 Å². The number of rotatable bonds is 6. The fourth-order valence-corrected chi connectivity index (χ4v) is 3.53. The van der Waals surface area contributed by atoms with Crippen molar-refractivity contribution in [1.29, 1.82) is 0 Å². The smallest absolute Gasteiger partial charge is 0.0674 e. The molecule has 0 saturated carbocycles. The number of hydrogen-bond acceptors (Lipinski definition) is 3. The van der Waals surface area contributed by atoms with E-state index in [0.717, 1.165) is 5.75 Å². The Kier molecular flexibility index (Phi) is 4.24. The van der Waals surface area contributed by atoms with E-state index in [9.17, 15) is 0 Å². The molecule has 64 valence electrons. The van der Waals surface area contributed by atoms with Gasteiger partial charge in [-0.15, -0.1) is 30.1 Å². The normalized spacial score (nSPS) is 28.5. The van der Waals surface area contributed by atoms with Crippen LogP contribution in [0.15, 0.2) is 12.7 Å². The van der Waals surface area contributed by atoms with Crippen LogP contribution in [0.1, 0.15) is 6.92 Å². The van der Waals surface area contributed by atoms with E-state index in [0.29, 0.717) is 4.08 Å². The molecule has 1 atom stereocenters. The molecule has 1 heterocycles. The van der Waals surface area contributed by atoms with E-state index in [2.05, 4.69) is 37.0 Å². The first-order valence-corrected chi connectivity index (χ1v) is 6.86. The summed E-state index contributed by atoms with van der Waals surface area (Å²) in [5.41, 5.74) is 0. The summed E-state index contributed by atoms with van der Waals surface area (Å²) < 4.78 is 0.592. The van der Waals surface area contributed by atoms with Crippen LogP contribution in [0.25, 0.3) is 0 Å². The lowest BCUT2D eigenvalue weighted by atomic mass is 10.6. The van der Waals surface area contributed by atoms with Gasteiger partial charge in [0.1, 0.15) is 0 Å². The zero-order chi connectivity index (χ0) is 8.16. The Morgan fingerprint density at radius 1 is 1.64 bits per heavy atom. The molecule has 0 bridgehead atoms. The standard InChI is InChI=1S/C8H14S3/c1-3-4-9-5-6-10-8(2)7-11-8/h3H,1,4-7H2,2H3. The second-order valence-electron chi connectivity index (χ2n) is 2.63. The summed E-state index contributed by atoms with van der Waals surface area (Å²) in [6, 6.07) is 0. The van der Waals surface area contributed by atoms with Crippen LogP contribution in [0.2, 0.25) is 0 Å². The van der Waals surface area contributed by atoms with Crippen molar-refractivity contribution in [2.75, 3.05) is 23.0 Å². The van der Waals surface area contributed by atoms with Crippen LogP contribution in [0, 0.1) is 0 Å². The van der Waals surface area contributed by atoms with Gasteiger partial charge in [-0.05, 0) is 6.92 Å². The summed E-state index contributed by atoms with van der Waals surface area (Å²) in [6.45, 7) is 6.02. The molecule has 0 aromatic carbocycles. The Bertz CT molecular complexity index is 129. The zero-order valence-corrected chi connectivity index (χ0v) is 9.29. The minimum Gasteiger partial charge on any atom is -0.157 e. The van der Waals surface area contributed by atoms with Gasteiger partial charge < -0.3 is 0 Å². The van der Waals surface area contributed by atoms with Crippen LogP contribution in [0.5, 0.6) is 0 Å². The molecule has 0 spiro atoms. The quantitative estimate of drug-likeness (QED) is 0.372. The monoisotopic (exact) mass is 206 g/mol. The van der Waals surface area contributed by atoms with Crippen LogP contribution < -0.4 is 0 Å². The molecule has 11 heavy (non-hydrogen) atoms. The predicted molar refractivity (Wildman–Crippen MR) is 60.8 cm³/mol. The average molecular weight is 206 g/mol. The lowest BCUT2D eigenvalue weighted by molar-refractivity contribution is 1.15. The molecule has 1 aliphatic rings. The third-order valence-electron chi connectivity index (χ3n) is 1.42. The molecular formula is C8H14S3. The van der Waals surface area contributed by atoms with E-state index in [1.807, 2.05) is 17.8 Å². The van der Waals surface area contributed by atoms with Gasteiger partial charge in [0.15, 0.2) is 0 Å². The van der Waals surface area contributed by atoms with Crippen molar-refractivity contribution < 1.29 is 0 Å². The minimum atomic E-state index is 0.592. The first-order valence-electron chi connectivity index (χ1n) is 3.73. The van der Waals surface area contributed by atoms with Crippen LogP contribution in [0.3, 0.4) is 0 Å². The van der Waals surface area contributed by atoms with Crippen molar-refractivity contribution in [2.45, 2.75) is 11.0 Å². The highest BCUT2D eigenvalue weighted by molar-refractivity contribution is 8.24. The largest absolute Gasteiger partial charge is 0.157 e. The zero-order valence-electron chi connectivity index (χ0n) is 6.84. The molecular weight excluding hydrogens is 192 g/mol. The molecule has 0 amide bonds. The molecule has 0 aromatic heterocycles. The van der Waals surface area contributed by atoms with E-state index in [-0.39, 0.29) is 0 Å². The summed E-state index contributed by atoms with van der Waals surface area (Å²) in [6.07, 6.45) is 1.98. The molecule has 0 N–H and O–H groups in total. The second kappa shape index (κ2) is 4.73. The third-order valence-corrected chi connectivity index (χ3v) is 5.83. The van der Waals surface area contributed by atoms with Gasteiger partial charge in [0, 0.05) is 23.0 Å². The summed E-state index contributed by atoms with van der Waals surface area (Å²) in [5.74, 6) is 5.02. The fraction of sp³-hybridized carbons (Fsp3) is 0.750. The first-order chi connectivity index (χ1) is 5.27. The van der Waals surface area contributed by atoms with Gasteiger partial charge >= 0.3 is 0 Å². The lowest BCUT2D eigenvalue weighted by Gasteiger charge is -2.04. The molecule has 1 unspecified atom stereocenters. The maximum Gasteiger partial charge on any atom is 0.0674 e. The minimum absolute atomic E-state index is 0.592. The molecule has 1 rings (SSSR count). The summed E-state index contributed by atoms with van der Waals surface area (Å²) in [7, 11) is 0. The van der Waals surface area contributed by atoms with Gasteiger partial charge in [0.2, 0.25) is 0 Å². The van der Waals surface area contributed by atoms with Gasteiger partial charge in [-0.1, -0.05) is 6.08 Å². The molecule has 1 saturated heterocycles. The SMILES string of the molecule is C=CCSCCSC1(C)CS1. The molecule has 3 heteroatoms. The third kappa shape index (κ3) is 4.38. The van der Waals surface area contributed by atoms with Crippen LogP contribution >= 0.6 is 35.3 Å². The fourth-order valence-electron chi connectivity index (χ4n) is 0.668. The molecule has 0 aromatic rings. The Morgan fingerprint density at radius 2 is 2.36 bits per heavy atom. The molecule has 1 aliphatic heterocycles. The summed E-state index contributed by atoms with van der Waals surface area (Å²) in [4.78, 5) is 0. The summed E-state index contributed by atoms with van der Waals surface area (Å²) in [5, 5.41) is 0. The van der Waals surface area contributed by atoms with E-state index in [1.165, 1.54) is 17.3 Å². The van der Waals surface area contributed by atoms with Crippen molar-refractivity contribution in [2.24, 2.45) is 0 Å². The Morgan fingerprint density at radius 3 is 2.91 bits per heavy atom. The number of hydrogen-bond donors (Lipinski definition) is 0. The lowest BCUT2D eigenvalue weighted by Crippen LogP contribution is -1.97. The van der Waals surface area contributed by atoms with Gasteiger partial charge in [0.25, 0.3) is 0 Å². The number of thioether (sulfide) groups is 3. The highest BCUT2D eigenvalue weighted by Crippen LogP contribution is 2.53. The van der Waals surface area contributed by atoms with Crippen molar-refractivity contribution in [3.63, 3.8) is 0 Å². The highest BCUT2D eigenvalue weighted by Gasteiger charge is 2.38. The van der Waals surface area contributed by atoms with E-state index < -0.39 is 0 Å². The highest BCUT2D eigenvalue weighted by atomic mass is 32.2. The first kappa shape index (κ1) is 9.87. The summed E-state index contributed by atoms with van der Waals surface area (Å²) >= 11 is 6.14. The van der Waals surface area contributed by atoms with Crippen LogP contribution in [0.4, 0.5) is 0 Å². The van der Waals surface area contributed by atoms with Gasteiger partial charge in [-0.2, -0.15) is 11.8 Å². The maximum atomic E-state index is 3.69. The maximum absolute atomic E-state index is 3.69. The molecule has 0 nitrogen and oxygen atoms in total. The predicted octanol–water partition coefficient (Wildman–Crippen LogP) is 3.10. The van der Waals surface area contributed by atoms with Crippen molar-refractivity contribution in [3.8, 4) is 0 Å². The van der Waals surface area contributed by atoms with E-state index in [1.54, 1.807) is 0 Å².